The zero-order chi connectivity index (χ0) is 22.2. The Morgan fingerprint density at radius 3 is 2.65 bits per heavy atom. The number of amides is 2. The van der Waals surface area contributed by atoms with Gasteiger partial charge < -0.3 is 19.9 Å². The molecule has 0 bridgehead atoms. The molecular formula is C23H28N4O3S. The highest BCUT2D eigenvalue weighted by atomic mass is 32.1. The van der Waals surface area contributed by atoms with Crippen molar-refractivity contribution in [3.8, 4) is 11.3 Å². The molecule has 0 unspecified atom stereocenters. The Morgan fingerprint density at radius 2 is 1.94 bits per heavy atom. The van der Waals surface area contributed by atoms with E-state index < -0.39 is 5.60 Å². The van der Waals surface area contributed by atoms with Gasteiger partial charge in [0.25, 0.3) is 0 Å². The molecule has 1 aliphatic rings. The number of hydrogen-bond acceptors (Lipinski definition) is 5. The minimum atomic E-state index is -0.517. The molecule has 0 atom stereocenters. The van der Waals surface area contributed by atoms with Crippen LogP contribution in [0.4, 0.5) is 9.93 Å². The van der Waals surface area contributed by atoms with Gasteiger partial charge in [0, 0.05) is 46.5 Å². The summed E-state index contributed by atoms with van der Waals surface area (Å²) in [6.45, 7) is 8.63. The van der Waals surface area contributed by atoms with Crippen LogP contribution in [-0.2, 0) is 9.53 Å². The van der Waals surface area contributed by atoms with Crippen molar-refractivity contribution in [2.45, 2.75) is 46.1 Å². The normalized spacial score (nSPS) is 15.3. The molecule has 4 rings (SSSR count). The minimum Gasteiger partial charge on any atom is -0.444 e. The molecule has 3 aromatic rings. The zero-order valence-corrected chi connectivity index (χ0v) is 19.1. The summed E-state index contributed by atoms with van der Waals surface area (Å²) in [7, 11) is 0. The number of anilines is 1. The monoisotopic (exact) mass is 440 g/mol. The van der Waals surface area contributed by atoms with E-state index in [4.69, 9.17) is 4.74 Å². The number of nitrogens with one attached hydrogen (secondary N) is 2. The van der Waals surface area contributed by atoms with Crippen LogP contribution in [0.15, 0.2) is 29.6 Å². The summed E-state index contributed by atoms with van der Waals surface area (Å²) in [4.78, 5) is 34.7. The van der Waals surface area contributed by atoms with E-state index in [0.717, 1.165) is 27.9 Å². The number of carbonyl (C=O) groups excluding carboxylic acids is 2. The first-order valence-corrected chi connectivity index (χ1v) is 11.4. The maximum absolute atomic E-state index is 12.8. The van der Waals surface area contributed by atoms with Crippen molar-refractivity contribution in [3.05, 3.63) is 35.3 Å². The number of aromatic nitrogens is 2. The molecule has 2 N–H and O–H groups in total. The number of aryl methyl sites for hydroxylation is 1. The van der Waals surface area contributed by atoms with Crippen LogP contribution in [0.1, 0.15) is 39.3 Å². The van der Waals surface area contributed by atoms with Gasteiger partial charge in [-0.2, -0.15) is 0 Å². The van der Waals surface area contributed by atoms with Crippen LogP contribution in [-0.4, -0.2) is 45.6 Å². The predicted octanol–water partition coefficient (Wildman–Crippen LogP) is 5.19. The molecule has 8 heteroatoms. The van der Waals surface area contributed by atoms with E-state index in [2.05, 4.69) is 21.4 Å². The molecule has 164 valence electrons. The molecule has 2 amide bonds. The fourth-order valence-corrected chi connectivity index (χ4v) is 4.62. The molecule has 7 nitrogen and oxygen atoms in total. The van der Waals surface area contributed by atoms with E-state index in [0.29, 0.717) is 31.1 Å². The Bertz CT molecular complexity index is 1100. The van der Waals surface area contributed by atoms with Gasteiger partial charge in [-0.05, 0) is 46.6 Å². The van der Waals surface area contributed by atoms with Gasteiger partial charge in [-0.15, -0.1) is 11.3 Å². The summed E-state index contributed by atoms with van der Waals surface area (Å²) in [5, 5.41) is 6.66. The summed E-state index contributed by atoms with van der Waals surface area (Å²) in [6.07, 6.45) is 0.917. The number of para-hydroxylation sites is 1. The lowest BCUT2D eigenvalue weighted by Gasteiger charge is -2.32. The molecule has 2 aromatic heterocycles. The molecule has 0 spiro atoms. The van der Waals surface area contributed by atoms with Crippen molar-refractivity contribution in [2.75, 3.05) is 18.4 Å². The standard InChI is InChI=1S/C23H28N4O3S/c1-14-19(16-7-5-6-8-17(16)24-14)18-13-31-21(25-18)26-20(28)15-9-11-27(12-10-15)22(29)30-23(2,3)4/h5-8,13,15,24H,9-12H2,1-4H3,(H,25,26,28). The number of nitrogens with zero attached hydrogens (tertiary/aromatic N) is 2. The second-order valence-electron chi connectivity index (χ2n) is 8.94. The van der Waals surface area contributed by atoms with Gasteiger partial charge in [0.05, 0.1) is 5.69 Å². The van der Waals surface area contributed by atoms with Crippen LogP contribution in [0.2, 0.25) is 0 Å². The van der Waals surface area contributed by atoms with E-state index in [1.54, 1.807) is 4.90 Å². The summed E-state index contributed by atoms with van der Waals surface area (Å²) in [6, 6.07) is 8.13. The van der Waals surface area contributed by atoms with Gasteiger partial charge in [-0.3, -0.25) is 4.79 Å². The van der Waals surface area contributed by atoms with E-state index >= 15 is 0 Å². The van der Waals surface area contributed by atoms with Gasteiger partial charge in [0.15, 0.2) is 5.13 Å². The van der Waals surface area contributed by atoms with Crippen LogP contribution in [0.5, 0.6) is 0 Å². The maximum atomic E-state index is 12.8. The first-order chi connectivity index (χ1) is 14.7. The van der Waals surface area contributed by atoms with Crippen molar-refractivity contribution in [2.24, 2.45) is 5.92 Å². The molecular weight excluding hydrogens is 412 g/mol. The van der Waals surface area contributed by atoms with Crippen LogP contribution < -0.4 is 5.32 Å². The average molecular weight is 441 g/mol. The number of rotatable bonds is 3. The molecule has 0 saturated carbocycles. The number of H-pyrrole nitrogens is 1. The molecule has 1 saturated heterocycles. The van der Waals surface area contributed by atoms with Crippen LogP contribution in [0.25, 0.3) is 22.2 Å². The third-order valence-corrected chi connectivity index (χ3v) is 6.16. The van der Waals surface area contributed by atoms with Gasteiger partial charge in [0.2, 0.25) is 5.91 Å². The zero-order valence-electron chi connectivity index (χ0n) is 18.3. The number of carbonyl (C=O) groups is 2. The number of likely N-dealkylation sites (tertiary alicyclic amines) is 1. The number of piperidine rings is 1. The largest absolute Gasteiger partial charge is 0.444 e. The first-order valence-electron chi connectivity index (χ1n) is 10.5. The van der Waals surface area contributed by atoms with Crippen molar-refractivity contribution in [1.29, 1.82) is 0 Å². The molecule has 1 aromatic carbocycles. The van der Waals surface area contributed by atoms with Crippen molar-refractivity contribution in [3.63, 3.8) is 0 Å². The topological polar surface area (TPSA) is 87.3 Å². The lowest BCUT2D eigenvalue weighted by atomic mass is 9.96. The molecule has 31 heavy (non-hydrogen) atoms. The lowest BCUT2D eigenvalue weighted by molar-refractivity contribution is -0.121. The third-order valence-electron chi connectivity index (χ3n) is 5.40. The van der Waals surface area contributed by atoms with Gasteiger partial charge in [0.1, 0.15) is 5.60 Å². The second-order valence-corrected chi connectivity index (χ2v) is 9.80. The highest BCUT2D eigenvalue weighted by molar-refractivity contribution is 7.14. The fourth-order valence-electron chi connectivity index (χ4n) is 3.91. The van der Waals surface area contributed by atoms with Gasteiger partial charge >= 0.3 is 6.09 Å². The Balaban J connectivity index is 1.38. The number of fused-ring (bicyclic) bond motifs is 1. The number of hydrogen-bond donors (Lipinski definition) is 2. The molecule has 1 aliphatic heterocycles. The summed E-state index contributed by atoms with van der Waals surface area (Å²) in [5.74, 6) is -0.179. The summed E-state index contributed by atoms with van der Waals surface area (Å²) < 4.78 is 5.42. The molecule has 0 radical (unpaired) electrons. The first kappa shape index (κ1) is 21.4. The second kappa shape index (κ2) is 8.34. The number of ether oxygens (including phenoxy) is 1. The van der Waals surface area contributed by atoms with E-state index in [9.17, 15) is 9.59 Å². The average Bonchev–Trinajstić information content (AvgIpc) is 3.29. The highest BCUT2D eigenvalue weighted by Gasteiger charge is 2.30. The van der Waals surface area contributed by atoms with Gasteiger partial charge in [-0.1, -0.05) is 18.2 Å². The number of aromatic amines is 1. The number of benzene rings is 1. The smallest absolute Gasteiger partial charge is 0.410 e. The van der Waals surface area contributed by atoms with E-state index in [1.165, 1.54) is 11.3 Å². The predicted molar refractivity (Wildman–Crippen MR) is 123 cm³/mol. The highest BCUT2D eigenvalue weighted by Crippen LogP contribution is 2.34. The fraction of sp³-hybridized carbons (Fsp3) is 0.435. The number of thiazole rings is 1. The Hall–Kier alpha value is -2.87. The Labute approximate surface area is 185 Å². The van der Waals surface area contributed by atoms with Crippen LogP contribution in [0.3, 0.4) is 0 Å². The minimum absolute atomic E-state index is 0.0413. The van der Waals surface area contributed by atoms with Crippen molar-refractivity contribution < 1.29 is 14.3 Å². The Kier molecular flexibility index (Phi) is 5.75. The van der Waals surface area contributed by atoms with Crippen molar-refractivity contribution in [1.82, 2.24) is 14.9 Å². The molecule has 0 aliphatic carbocycles. The van der Waals surface area contributed by atoms with E-state index in [1.807, 2.05) is 51.3 Å². The third kappa shape index (κ3) is 4.74. The molecule has 1 fully saturated rings. The van der Waals surface area contributed by atoms with Crippen molar-refractivity contribution >= 4 is 39.4 Å². The quantitative estimate of drug-likeness (QED) is 0.587. The summed E-state index contributed by atoms with van der Waals surface area (Å²) in [5.41, 5.74) is 3.54. The SMILES string of the molecule is Cc1[nH]c2ccccc2c1-c1csc(NC(=O)C2CCN(C(=O)OC(C)(C)C)CC2)n1. The van der Waals surface area contributed by atoms with Crippen LogP contribution in [0, 0.1) is 12.8 Å². The van der Waals surface area contributed by atoms with Gasteiger partial charge in [-0.25, -0.2) is 9.78 Å². The molecule has 3 heterocycles. The summed E-state index contributed by atoms with van der Waals surface area (Å²) >= 11 is 1.43. The Morgan fingerprint density at radius 1 is 1.23 bits per heavy atom. The van der Waals surface area contributed by atoms with Crippen LogP contribution >= 0.6 is 11.3 Å². The maximum Gasteiger partial charge on any atom is 0.410 e. The lowest BCUT2D eigenvalue weighted by Crippen LogP contribution is -2.43. The van der Waals surface area contributed by atoms with E-state index in [-0.39, 0.29) is 17.9 Å².